The predicted octanol–water partition coefficient (Wildman–Crippen LogP) is 3.01. The van der Waals surface area contributed by atoms with Crippen LogP contribution in [-0.2, 0) is 16.0 Å². The Hall–Kier alpha value is -2.27. The highest BCUT2D eigenvalue weighted by Crippen LogP contribution is 2.24. The number of pyridine rings is 1. The van der Waals surface area contributed by atoms with Crippen molar-refractivity contribution in [3.8, 4) is 11.3 Å². The van der Waals surface area contributed by atoms with Crippen molar-refractivity contribution in [2.75, 3.05) is 18.9 Å². The van der Waals surface area contributed by atoms with Crippen molar-refractivity contribution >= 4 is 11.5 Å². The molecule has 0 amide bonds. The summed E-state index contributed by atoms with van der Waals surface area (Å²) in [6.07, 6.45) is 3.40. The van der Waals surface area contributed by atoms with E-state index in [0.717, 1.165) is 24.0 Å². The predicted molar refractivity (Wildman–Crippen MR) is 86.3 cm³/mol. The van der Waals surface area contributed by atoms with E-state index >= 15 is 0 Å². The van der Waals surface area contributed by atoms with Gasteiger partial charge in [-0.05, 0) is 48.7 Å². The molecule has 1 aliphatic heterocycles. The first-order valence-electron chi connectivity index (χ1n) is 7.74. The average molecular weight is 314 g/mol. The Morgan fingerprint density at radius 3 is 2.65 bits per heavy atom. The summed E-state index contributed by atoms with van der Waals surface area (Å²) in [5, 5.41) is 0. The van der Waals surface area contributed by atoms with Gasteiger partial charge in [0.2, 0.25) is 0 Å². The third-order valence-electron chi connectivity index (χ3n) is 4.21. The average Bonchev–Trinajstić information content (AvgIpc) is 2.58. The second kappa shape index (κ2) is 6.87. The SMILES string of the molecule is Nc1cnc(-c2ccc(F)cc2)cc1CC(=O)C1CCOCC1. The molecular weight excluding hydrogens is 295 g/mol. The molecule has 0 unspecified atom stereocenters. The summed E-state index contributed by atoms with van der Waals surface area (Å²) in [7, 11) is 0. The topological polar surface area (TPSA) is 65.2 Å². The van der Waals surface area contributed by atoms with Crippen molar-refractivity contribution in [2.24, 2.45) is 5.92 Å². The molecule has 1 aromatic carbocycles. The number of rotatable bonds is 4. The van der Waals surface area contributed by atoms with Gasteiger partial charge in [0.1, 0.15) is 11.6 Å². The van der Waals surface area contributed by atoms with E-state index in [-0.39, 0.29) is 17.5 Å². The summed E-state index contributed by atoms with van der Waals surface area (Å²) < 4.78 is 18.3. The van der Waals surface area contributed by atoms with Crippen LogP contribution < -0.4 is 5.73 Å². The molecule has 4 nitrogen and oxygen atoms in total. The Morgan fingerprint density at radius 2 is 1.96 bits per heavy atom. The number of carbonyl (C=O) groups excluding carboxylic acids is 1. The van der Waals surface area contributed by atoms with Crippen LogP contribution >= 0.6 is 0 Å². The lowest BCUT2D eigenvalue weighted by atomic mass is 9.91. The number of ether oxygens (including phenoxy) is 1. The fourth-order valence-electron chi connectivity index (χ4n) is 2.79. The van der Waals surface area contributed by atoms with Gasteiger partial charge < -0.3 is 10.5 Å². The van der Waals surface area contributed by atoms with E-state index in [1.165, 1.54) is 12.1 Å². The van der Waals surface area contributed by atoms with E-state index in [2.05, 4.69) is 4.98 Å². The van der Waals surface area contributed by atoms with Crippen LogP contribution in [0.2, 0.25) is 0 Å². The summed E-state index contributed by atoms with van der Waals surface area (Å²) in [6.45, 7) is 1.28. The zero-order valence-electron chi connectivity index (χ0n) is 12.8. The van der Waals surface area contributed by atoms with E-state index in [1.54, 1.807) is 18.3 Å². The molecule has 1 saturated heterocycles. The van der Waals surface area contributed by atoms with Gasteiger partial charge in [-0.2, -0.15) is 0 Å². The van der Waals surface area contributed by atoms with Gasteiger partial charge in [0.05, 0.1) is 17.6 Å². The minimum Gasteiger partial charge on any atom is -0.397 e. The van der Waals surface area contributed by atoms with E-state index in [0.29, 0.717) is 31.0 Å². The lowest BCUT2D eigenvalue weighted by molar-refractivity contribution is -0.125. The Bertz CT molecular complexity index is 695. The standard InChI is InChI=1S/C18H19FN2O2/c19-15-3-1-12(2-4-15)17-9-14(16(20)11-21-17)10-18(22)13-5-7-23-8-6-13/h1-4,9,11,13H,5-8,10,20H2. The second-order valence-corrected chi connectivity index (χ2v) is 5.80. The van der Waals surface area contributed by atoms with Gasteiger partial charge in [-0.25, -0.2) is 4.39 Å². The zero-order chi connectivity index (χ0) is 16.2. The number of hydrogen-bond donors (Lipinski definition) is 1. The number of aromatic nitrogens is 1. The normalized spacial score (nSPS) is 15.5. The number of carbonyl (C=O) groups is 1. The number of Topliss-reactive ketones (excluding diaryl/α,β-unsaturated/α-hetero) is 1. The molecule has 120 valence electrons. The molecule has 0 spiro atoms. The highest BCUT2D eigenvalue weighted by Gasteiger charge is 2.22. The molecule has 0 aliphatic carbocycles. The van der Waals surface area contributed by atoms with Crippen molar-refractivity contribution in [2.45, 2.75) is 19.3 Å². The van der Waals surface area contributed by atoms with E-state index in [1.807, 2.05) is 6.07 Å². The first-order chi connectivity index (χ1) is 11.1. The molecule has 23 heavy (non-hydrogen) atoms. The van der Waals surface area contributed by atoms with Gasteiger partial charge in [-0.15, -0.1) is 0 Å². The first kappa shape index (κ1) is 15.6. The number of nitrogens with zero attached hydrogens (tertiary/aromatic N) is 1. The van der Waals surface area contributed by atoms with E-state index in [9.17, 15) is 9.18 Å². The summed E-state index contributed by atoms with van der Waals surface area (Å²) in [6, 6.07) is 7.93. The maximum atomic E-state index is 13.0. The number of anilines is 1. The number of ketones is 1. The highest BCUT2D eigenvalue weighted by atomic mass is 19.1. The molecular formula is C18H19FN2O2. The van der Waals surface area contributed by atoms with E-state index in [4.69, 9.17) is 10.5 Å². The number of nitrogen functional groups attached to an aromatic ring is 1. The van der Waals surface area contributed by atoms with Crippen LogP contribution in [0.25, 0.3) is 11.3 Å². The molecule has 1 aliphatic rings. The molecule has 2 heterocycles. The van der Waals surface area contributed by atoms with E-state index < -0.39 is 0 Å². The van der Waals surface area contributed by atoms with Gasteiger partial charge in [0.25, 0.3) is 0 Å². The highest BCUT2D eigenvalue weighted by molar-refractivity contribution is 5.85. The Balaban J connectivity index is 1.80. The molecule has 3 rings (SSSR count). The number of benzene rings is 1. The van der Waals surface area contributed by atoms with Gasteiger partial charge >= 0.3 is 0 Å². The summed E-state index contributed by atoms with van der Waals surface area (Å²) in [4.78, 5) is 16.7. The lowest BCUT2D eigenvalue weighted by Crippen LogP contribution is -2.25. The van der Waals surface area contributed by atoms with Crippen LogP contribution in [0.4, 0.5) is 10.1 Å². The van der Waals surface area contributed by atoms with Crippen molar-refractivity contribution in [3.05, 3.63) is 47.9 Å². The van der Waals surface area contributed by atoms with Crippen molar-refractivity contribution in [1.29, 1.82) is 0 Å². The molecule has 0 radical (unpaired) electrons. The maximum Gasteiger partial charge on any atom is 0.140 e. The summed E-state index contributed by atoms with van der Waals surface area (Å²) in [5.74, 6) is -0.0547. The van der Waals surface area contributed by atoms with Crippen LogP contribution in [-0.4, -0.2) is 24.0 Å². The van der Waals surface area contributed by atoms with Crippen LogP contribution in [0.1, 0.15) is 18.4 Å². The molecule has 5 heteroatoms. The van der Waals surface area contributed by atoms with Crippen LogP contribution in [0, 0.1) is 11.7 Å². The van der Waals surface area contributed by atoms with Gasteiger partial charge in [0, 0.05) is 31.1 Å². The third-order valence-corrected chi connectivity index (χ3v) is 4.21. The minimum atomic E-state index is -0.292. The molecule has 1 aromatic heterocycles. The van der Waals surface area contributed by atoms with Crippen LogP contribution in [0.15, 0.2) is 36.5 Å². The monoisotopic (exact) mass is 314 g/mol. The smallest absolute Gasteiger partial charge is 0.140 e. The largest absolute Gasteiger partial charge is 0.397 e. The molecule has 0 saturated carbocycles. The van der Waals surface area contributed by atoms with Gasteiger partial charge in [-0.3, -0.25) is 9.78 Å². The molecule has 1 fully saturated rings. The fraction of sp³-hybridized carbons (Fsp3) is 0.333. The second-order valence-electron chi connectivity index (χ2n) is 5.80. The molecule has 0 atom stereocenters. The number of nitrogens with two attached hydrogens (primary N) is 1. The first-order valence-corrected chi connectivity index (χ1v) is 7.74. The summed E-state index contributed by atoms with van der Waals surface area (Å²) in [5.41, 5.74) is 8.74. The maximum absolute atomic E-state index is 13.0. The van der Waals surface area contributed by atoms with Crippen LogP contribution in [0.3, 0.4) is 0 Å². The number of halogens is 1. The zero-order valence-corrected chi connectivity index (χ0v) is 12.8. The lowest BCUT2D eigenvalue weighted by Gasteiger charge is -2.21. The molecule has 0 bridgehead atoms. The van der Waals surface area contributed by atoms with Crippen molar-refractivity contribution in [1.82, 2.24) is 4.98 Å². The third kappa shape index (κ3) is 3.74. The fourth-order valence-corrected chi connectivity index (χ4v) is 2.79. The van der Waals surface area contributed by atoms with Crippen molar-refractivity contribution in [3.63, 3.8) is 0 Å². The molecule has 2 aromatic rings. The minimum absolute atomic E-state index is 0.0468. The van der Waals surface area contributed by atoms with Crippen LogP contribution in [0.5, 0.6) is 0 Å². The van der Waals surface area contributed by atoms with Crippen molar-refractivity contribution < 1.29 is 13.9 Å². The van der Waals surface area contributed by atoms with Gasteiger partial charge in [0.15, 0.2) is 0 Å². The Labute approximate surface area is 134 Å². The van der Waals surface area contributed by atoms with Gasteiger partial charge in [-0.1, -0.05) is 0 Å². The summed E-state index contributed by atoms with van der Waals surface area (Å²) >= 11 is 0. The quantitative estimate of drug-likeness (QED) is 0.942. The Morgan fingerprint density at radius 1 is 1.26 bits per heavy atom. The molecule has 2 N–H and O–H groups in total. The Kier molecular flexibility index (Phi) is 4.67. The number of hydrogen-bond acceptors (Lipinski definition) is 4.